The summed E-state index contributed by atoms with van der Waals surface area (Å²) >= 11 is 0. The Bertz CT molecular complexity index is 841. The monoisotopic (exact) mass is 385 g/mol. The lowest BCUT2D eigenvalue weighted by Crippen LogP contribution is -2.40. The van der Waals surface area contributed by atoms with Gasteiger partial charge in [-0.05, 0) is 6.07 Å². The van der Waals surface area contributed by atoms with Crippen LogP contribution >= 0.6 is 8.25 Å². The number of hydrogen-bond donors (Lipinski definition) is 1. The zero-order chi connectivity index (χ0) is 18.6. The van der Waals surface area contributed by atoms with Crippen LogP contribution in [0.1, 0.15) is 5.56 Å². The minimum atomic E-state index is -3.16. The first kappa shape index (κ1) is 18.1. The number of benzene rings is 1. The van der Waals surface area contributed by atoms with Gasteiger partial charge in [0, 0.05) is 16.2 Å². The third-order valence-electron chi connectivity index (χ3n) is 3.45. The van der Waals surface area contributed by atoms with Gasteiger partial charge in [0.1, 0.15) is 36.9 Å². The van der Waals surface area contributed by atoms with E-state index in [1.807, 2.05) is 0 Å². The Morgan fingerprint density at radius 3 is 2.19 bits per heavy atom. The fraction of sp³-hybridized carbons (Fsp3) is 0.231. The van der Waals surface area contributed by atoms with E-state index < -0.39 is 25.5 Å². The molecule has 136 valence electrons. The van der Waals surface area contributed by atoms with E-state index in [0.717, 1.165) is 12.1 Å². The summed E-state index contributed by atoms with van der Waals surface area (Å²) in [7, 11) is -3.16. The molecule has 1 unspecified atom stereocenters. The molecular formula is C13H12F2N6O4P+. The van der Waals surface area contributed by atoms with Crippen LogP contribution < -0.4 is 0 Å². The van der Waals surface area contributed by atoms with Crippen molar-refractivity contribution in [3.8, 4) is 0 Å². The number of nitrogens with zero attached hydrogens (tertiary/aromatic N) is 6. The van der Waals surface area contributed by atoms with Crippen LogP contribution in [0.2, 0.25) is 0 Å². The highest BCUT2D eigenvalue weighted by Crippen LogP contribution is 2.35. The van der Waals surface area contributed by atoms with E-state index in [2.05, 4.69) is 24.8 Å². The fourth-order valence-electron chi connectivity index (χ4n) is 2.43. The third kappa shape index (κ3) is 4.11. The van der Waals surface area contributed by atoms with E-state index in [1.54, 1.807) is 0 Å². The van der Waals surface area contributed by atoms with Crippen LogP contribution in [-0.2, 0) is 32.8 Å². The van der Waals surface area contributed by atoms with E-state index in [1.165, 1.54) is 34.7 Å². The Balaban J connectivity index is 2.09. The first-order chi connectivity index (χ1) is 12.5. The van der Waals surface area contributed by atoms with Gasteiger partial charge in [-0.2, -0.15) is 15.1 Å². The van der Waals surface area contributed by atoms with E-state index in [4.69, 9.17) is 9.78 Å². The lowest BCUT2D eigenvalue weighted by atomic mass is 9.92. The van der Waals surface area contributed by atoms with Crippen LogP contribution in [-0.4, -0.2) is 34.4 Å². The molecule has 0 fully saturated rings. The van der Waals surface area contributed by atoms with Crippen molar-refractivity contribution in [2.24, 2.45) is 0 Å². The number of hydrogen-bond acceptors (Lipinski definition) is 7. The van der Waals surface area contributed by atoms with Crippen LogP contribution in [0.4, 0.5) is 8.78 Å². The first-order valence-corrected chi connectivity index (χ1v) is 8.24. The van der Waals surface area contributed by atoms with Crippen LogP contribution in [0.25, 0.3) is 0 Å². The number of rotatable bonds is 8. The van der Waals surface area contributed by atoms with Crippen molar-refractivity contribution in [2.75, 3.05) is 0 Å². The van der Waals surface area contributed by atoms with Gasteiger partial charge < -0.3 is 0 Å². The van der Waals surface area contributed by atoms with Crippen molar-refractivity contribution in [3.05, 3.63) is 60.7 Å². The second-order valence-electron chi connectivity index (χ2n) is 5.20. The molecule has 0 saturated carbocycles. The average molecular weight is 385 g/mol. The van der Waals surface area contributed by atoms with Crippen LogP contribution in [0.5, 0.6) is 0 Å². The summed E-state index contributed by atoms with van der Waals surface area (Å²) in [6, 6.07) is 2.83. The van der Waals surface area contributed by atoms with E-state index in [9.17, 15) is 13.3 Å². The van der Waals surface area contributed by atoms with Crippen molar-refractivity contribution in [1.82, 2.24) is 29.5 Å². The third-order valence-corrected chi connectivity index (χ3v) is 3.65. The predicted molar refractivity (Wildman–Crippen MR) is 80.1 cm³/mol. The molecule has 2 aromatic heterocycles. The largest absolute Gasteiger partial charge is 0.726 e. The van der Waals surface area contributed by atoms with Crippen LogP contribution in [0, 0.1) is 11.6 Å². The molecule has 10 nitrogen and oxygen atoms in total. The molecule has 1 N–H and O–H groups in total. The van der Waals surface area contributed by atoms with Crippen LogP contribution in [0.3, 0.4) is 0 Å². The van der Waals surface area contributed by atoms with Gasteiger partial charge in [0.05, 0.1) is 17.8 Å². The zero-order valence-corrected chi connectivity index (χ0v) is 13.9. The highest BCUT2D eigenvalue weighted by Gasteiger charge is 2.42. The second-order valence-corrected chi connectivity index (χ2v) is 5.83. The SMILES string of the molecule is O=[P+](O)OOC(Cn1cncn1)(Cn1cncn1)c1ccc(F)cc1F. The molecule has 1 aromatic carbocycles. The molecule has 0 aliphatic heterocycles. The maximum atomic E-state index is 14.5. The van der Waals surface area contributed by atoms with Gasteiger partial charge in [0.2, 0.25) is 0 Å². The molecule has 0 amide bonds. The number of halogens is 2. The smallest absolute Gasteiger partial charge is 0.249 e. The Kier molecular flexibility index (Phi) is 5.38. The number of aromatic nitrogens is 6. The molecule has 26 heavy (non-hydrogen) atoms. The minimum absolute atomic E-state index is 0.137. The van der Waals surface area contributed by atoms with Gasteiger partial charge in [-0.3, -0.25) is 0 Å². The summed E-state index contributed by atoms with van der Waals surface area (Å²) in [5.41, 5.74) is -1.87. The van der Waals surface area contributed by atoms with Gasteiger partial charge in [0.25, 0.3) is 0 Å². The molecule has 0 saturated heterocycles. The van der Waals surface area contributed by atoms with E-state index in [-0.39, 0.29) is 18.7 Å². The van der Waals surface area contributed by atoms with Crippen molar-refractivity contribution in [1.29, 1.82) is 0 Å². The molecule has 0 aliphatic rings. The molecule has 0 bridgehead atoms. The predicted octanol–water partition coefficient (Wildman–Crippen LogP) is 1.34. The quantitative estimate of drug-likeness (QED) is 0.351. The Hall–Kier alpha value is -2.66. The average Bonchev–Trinajstić information content (AvgIpc) is 3.26. The standard InChI is InChI=1S/C13H11F2N6O4P/c14-10-1-2-11(12(15)3-10)13(24-25-26(22)23,4-20-8-16-6-18-20)5-21-9-17-7-19-21/h1-3,6-9H,4-5H2/p+1. The van der Waals surface area contributed by atoms with E-state index >= 15 is 0 Å². The summed E-state index contributed by atoms with van der Waals surface area (Å²) in [4.78, 5) is 21.7. The molecule has 2 heterocycles. The van der Waals surface area contributed by atoms with Crippen molar-refractivity contribution in [3.63, 3.8) is 0 Å². The van der Waals surface area contributed by atoms with Crippen molar-refractivity contribution >= 4 is 8.25 Å². The van der Waals surface area contributed by atoms with Gasteiger partial charge >= 0.3 is 8.25 Å². The normalized spacial score (nSPS) is 12.3. The summed E-state index contributed by atoms with van der Waals surface area (Å²) in [5.74, 6) is -1.74. The molecular weight excluding hydrogens is 373 g/mol. The topological polar surface area (TPSA) is 117 Å². The lowest BCUT2D eigenvalue weighted by Gasteiger charge is -2.30. The summed E-state index contributed by atoms with van der Waals surface area (Å²) < 4.78 is 45.9. The van der Waals surface area contributed by atoms with Gasteiger partial charge in [0.15, 0.2) is 5.60 Å². The summed E-state index contributed by atoms with van der Waals surface area (Å²) in [6.45, 7) is -0.364. The van der Waals surface area contributed by atoms with Crippen molar-refractivity contribution in [2.45, 2.75) is 18.7 Å². The molecule has 1 atom stereocenters. The molecule has 0 radical (unpaired) electrons. The molecule has 3 aromatic rings. The molecule has 0 aliphatic carbocycles. The van der Waals surface area contributed by atoms with Crippen LogP contribution in [0.15, 0.2) is 43.5 Å². The highest BCUT2D eigenvalue weighted by molar-refractivity contribution is 7.31. The Morgan fingerprint density at radius 1 is 1.12 bits per heavy atom. The minimum Gasteiger partial charge on any atom is -0.249 e. The second kappa shape index (κ2) is 7.70. The maximum absolute atomic E-state index is 14.5. The van der Waals surface area contributed by atoms with Gasteiger partial charge in [-0.15, -0.1) is 4.89 Å². The fourth-order valence-corrected chi connectivity index (χ4v) is 2.64. The Labute approximate surface area is 145 Å². The van der Waals surface area contributed by atoms with E-state index in [0.29, 0.717) is 6.07 Å². The zero-order valence-electron chi connectivity index (χ0n) is 13.0. The van der Waals surface area contributed by atoms with Crippen molar-refractivity contribution < 1.29 is 27.8 Å². The Morgan fingerprint density at radius 2 is 1.73 bits per heavy atom. The molecule has 3 rings (SSSR count). The van der Waals surface area contributed by atoms with Gasteiger partial charge in [-0.1, -0.05) is 6.07 Å². The maximum Gasteiger partial charge on any atom is 0.726 e. The first-order valence-electron chi connectivity index (χ1n) is 7.11. The summed E-state index contributed by atoms with van der Waals surface area (Å²) in [6.07, 6.45) is 5.16. The lowest BCUT2D eigenvalue weighted by molar-refractivity contribution is -0.310. The molecule has 13 heteroatoms. The summed E-state index contributed by atoms with van der Waals surface area (Å²) in [5, 5.41) is 7.85. The molecule has 0 spiro atoms. The van der Waals surface area contributed by atoms with Gasteiger partial charge in [-0.25, -0.2) is 28.1 Å². The highest BCUT2D eigenvalue weighted by atomic mass is 31.1.